The number of nitrogens with zero attached hydrogens (tertiary/aromatic N) is 3. The smallest absolute Gasteiger partial charge is 0.231 e. The van der Waals surface area contributed by atoms with E-state index in [9.17, 15) is 0 Å². The van der Waals surface area contributed by atoms with E-state index >= 15 is 0 Å². The largest absolute Gasteiger partial charge is 0.361 e. The van der Waals surface area contributed by atoms with Crippen molar-refractivity contribution in [2.75, 3.05) is 29.9 Å². The van der Waals surface area contributed by atoms with Crippen molar-refractivity contribution in [3.05, 3.63) is 46.6 Å². The second kappa shape index (κ2) is 9.92. The predicted molar refractivity (Wildman–Crippen MR) is 138 cm³/mol. The van der Waals surface area contributed by atoms with Crippen LogP contribution in [0, 0.1) is 18.8 Å². The van der Waals surface area contributed by atoms with Crippen LogP contribution in [0.25, 0.3) is 0 Å². The number of halogens is 1. The molecule has 0 radical (unpaired) electrons. The summed E-state index contributed by atoms with van der Waals surface area (Å²) >= 11 is 11.9. The summed E-state index contributed by atoms with van der Waals surface area (Å²) in [5.74, 6) is 2.88. The number of nitrogens with one attached hydrogen (secondary N) is 2. The first-order valence-electron chi connectivity index (χ1n) is 11.7. The Labute approximate surface area is 202 Å². The summed E-state index contributed by atoms with van der Waals surface area (Å²) in [7, 11) is 0. The van der Waals surface area contributed by atoms with Gasteiger partial charge in [-0.15, -0.1) is 0 Å². The van der Waals surface area contributed by atoms with E-state index in [1.807, 2.05) is 19.1 Å². The fraction of sp³-hybridized carbons (Fsp3) is 0.560. The molecule has 2 fully saturated rings. The summed E-state index contributed by atoms with van der Waals surface area (Å²) in [5, 5.41) is 8.04. The second-order valence-corrected chi connectivity index (χ2v) is 10.7. The minimum atomic E-state index is 0.0648. The van der Waals surface area contributed by atoms with Crippen molar-refractivity contribution in [2.45, 2.75) is 58.3 Å². The maximum atomic E-state index is 6.29. The first-order valence-corrected chi connectivity index (χ1v) is 12.5. The zero-order chi connectivity index (χ0) is 22.7. The molecule has 2 aliphatic rings. The molecule has 4 rings (SSSR count). The quantitative estimate of drug-likeness (QED) is 0.544. The van der Waals surface area contributed by atoms with Crippen LogP contribution in [-0.2, 0) is 5.41 Å². The van der Waals surface area contributed by atoms with Crippen LogP contribution in [0.15, 0.2) is 30.3 Å². The average Bonchev–Trinajstić information content (AvgIpc) is 3.21. The molecule has 2 heterocycles. The molecule has 5 nitrogen and oxygen atoms in total. The van der Waals surface area contributed by atoms with E-state index in [2.05, 4.69) is 52.6 Å². The van der Waals surface area contributed by atoms with Crippen LogP contribution in [0.2, 0.25) is 5.02 Å². The Hall–Kier alpha value is -1.92. The van der Waals surface area contributed by atoms with Gasteiger partial charge in [0, 0.05) is 41.8 Å². The topological polar surface area (TPSA) is 53.1 Å². The molecule has 2 atom stereocenters. The molecule has 7 heteroatoms. The van der Waals surface area contributed by atoms with Gasteiger partial charge in [-0.2, -0.15) is 4.98 Å². The number of piperidine rings is 1. The first kappa shape index (κ1) is 23.2. The molecule has 2 N–H and O–H groups in total. The summed E-state index contributed by atoms with van der Waals surface area (Å²) in [6.45, 7) is 9.48. The van der Waals surface area contributed by atoms with Gasteiger partial charge in [0.2, 0.25) is 5.95 Å². The van der Waals surface area contributed by atoms with E-state index in [1.54, 1.807) is 0 Å². The molecule has 1 saturated carbocycles. The third-order valence-corrected chi connectivity index (χ3v) is 7.33. The van der Waals surface area contributed by atoms with Crippen LogP contribution in [-0.4, -0.2) is 34.7 Å². The van der Waals surface area contributed by atoms with Gasteiger partial charge in [-0.25, -0.2) is 4.98 Å². The number of rotatable bonds is 5. The molecule has 1 aromatic heterocycles. The van der Waals surface area contributed by atoms with E-state index in [-0.39, 0.29) is 5.41 Å². The molecule has 1 aromatic carbocycles. The SMILES string of the molecule is Cc1cc(N2C[C@H](C)C[C@H](C)C2)nc(NC(=S)NCC2(c3cccc(Cl)c3)CCCC2)n1. The molecule has 172 valence electrons. The Morgan fingerprint density at radius 3 is 2.56 bits per heavy atom. The fourth-order valence-electron chi connectivity index (χ4n) is 5.45. The molecule has 1 aliphatic carbocycles. The minimum Gasteiger partial charge on any atom is -0.361 e. The summed E-state index contributed by atoms with van der Waals surface area (Å²) in [6.07, 6.45) is 6.00. The lowest BCUT2D eigenvalue weighted by molar-refractivity contribution is 0.355. The van der Waals surface area contributed by atoms with Gasteiger partial charge in [0.05, 0.1) is 0 Å². The van der Waals surface area contributed by atoms with Crippen molar-refractivity contribution in [3.8, 4) is 0 Å². The van der Waals surface area contributed by atoms with Crippen molar-refractivity contribution in [1.82, 2.24) is 15.3 Å². The van der Waals surface area contributed by atoms with Crippen LogP contribution in [0.5, 0.6) is 0 Å². The van der Waals surface area contributed by atoms with Crippen LogP contribution in [0.1, 0.15) is 57.2 Å². The van der Waals surface area contributed by atoms with Crippen LogP contribution >= 0.6 is 23.8 Å². The molecule has 32 heavy (non-hydrogen) atoms. The standard InChI is InChI=1S/C25H34ClN5S/c1-17-11-18(2)15-31(14-17)22-12-19(3)28-23(29-22)30-24(32)27-16-25(9-4-5-10-25)20-7-6-8-21(26)13-20/h6-8,12-13,17-18H,4-5,9-11,14-16H2,1-3H3,(H2,27,28,29,30,32)/t17-,18+. The number of hydrogen-bond donors (Lipinski definition) is 2. The maximum Gasteiger partial charge on any atom is 0.231 e. The molecule has 0 spiro atoms. The van der Waals surface area contributed by atoms with Gasteiger partial charge in [0.1, 0.15) is 5.82 Å². The van der Waals surface area contributed by atoms with E-state index in [1.165, 1.54) is 24.8 Å². The second-order valence-electron chi connectivity index (χ2n) is 9.85. The Morgan fingerprint density at radius 1 is 1.16 bits per heavy atom. The van der Waals surface area contributed by atoms with E-state index < -0.39 is 0 Å². The monoisotopic (exact) mass is 471 g/mol. The van der Waals surface area contributed by atoms with Crippen molar-refractivity contribution in [3.63, 3.8) is 0 Å². The van der Waals surface area contributed by atoms with Crippen LogP contribution in [0.4, 0.5) is 11.8 Å². The first-order chi connectivity index (χ1) is 15.3. The Morgan fingerprint density at radius 2 is 1.88 bits per heavy atom. The van der Waals surface area contributed by atoms with Gasteiger partial charge in [-0.05, 0) is 67.9 Å². The molecule has 2 aromatic rings. The highest BCUT2D eigenvalue weighted by atomic mass is 35.5. The zero-order valence-corrected chi connectivity index (χ0v) is 20.9. The number of aromatic nitrogens is 2. The van der Waals surface area contributed by atoms with Crippen molar-refractivity contribution >= 4 is 40.7 Å². The lowest BCUT2D eigenvalue weighted by atomic mass is 9.79. The Kier molecular flexibility index (Phi) is 7.21. The van der Waals surface area contributed by atoms with Gasteiger partial charge < -0.3 is 15.5 Å². The zero-order valence-electron chi connectivity index (χ0n) is 19.3. The van der Waals surface area contributed by atoms with E-state index in [0.717, 1.165) is 49.0 Å². The van der Waals surface area contributed by atoms with Crippen molar-refractivity contribution < 1.29 is 0 Å². The normalized spacial score (nSPS) is 22.6. The number of hydrogen-bond acceptors (Lipinski definition) is 4. The van der Waals surface area contributed by atoms with Gasteiger partial charge in [-0.3, -0.25) is 0 Å². The minimum absolute atomic E-state index is 0.0648. The molecular weight excluding hydrogens is 438 g/mol. The summed E-state index contributed by atoms with van der Waals surface area (Å²) in [4.78, 5) is 11.7. The highest BCUT2D eigenvalue weighted by Crippen LogP contribution is 2.41. The average molecular weight is 472 g/mol. The fourth-order valence-corrected chi connectivity index (χ4v) is 5.81. The molecule has 0 bridgehead atoms. The van der Waals surface area contributed by atoms with E-state index in [0.29, 0.717) is 22.9 Å². The number of thiocarbonyl (C=S) groups is 1. The summed E-state index contributed by atoms with van der Waals surface area (Å²) < 4.78 is 0. The lowest BCUT2D eigenvalue weighted by Gasteiger charge is -2.36. The van der Waals surface area contributed by atoms with Gasteiger partial charge >= 0.3 is 0 Å². The van der Waals surface area contributed by atoms with Gasteiger partial charge in [0.15, 0.2) is 5.11 Å². The lowest BCUT2D eigenvalue weighted by Crippen LogP contribution is -2.41. The molecular formula is C25H34ClN5S. The third-order valence-electron chi connectivity index (χ3n) is 6.84. The number of anilines is 2. The van der Waals surface area contributed by atoms with Crippen LogP contribution in [0.3, 0.4) is 0 Å². The van der Waals surface area contributed by atoms with Crippen LogP contribution < -0.4 is 15.5 Å². The van der Waals surface area contributed by atoms with E-state index in [4.69, 9.17) is 28.8 Å². The summed E-state index contributed by atoms with van der Waals surface area (Å²) in [5.41, 5.74) is 2.30. The highest BCUT2D eigenvalue weighted by Gasteiger charge is 2.35. The highest BCUT2D eigenvalue weighted by molar-refractivity contribution is 7.80. The van der Waals surface area contributed by atoms with Gasteiger partial charge in [-0.1, -0.05) is 50.4 Å². The Balaban J connectivity index is 1.43. The molecule has 1 saturated heterocycles. The van der Waals surface area contributed by atoms with Crippen molar-refractivity contribution in [1.29, 1.82) is 0 Å². The maximum absolute atomic E-state index is 6.29. The van der Waals surface area contributed by atoms with Crippen molar-refractivity contribution in [2.24, 2.45) is 11.8 Å². The third kappa shape index (κ3) is 5.52. The molecule has 0 amide bonds. The van der Waals surface area contributed by atoms with Gasteiger partial charge in [0.25, 0.3) is 0 Å². The molecule has 1 aliphatic heterocycles. The summed E-state index contributed by atoms with van der Waals surface area (Å²) in [6, 6.07) is 10.3. The Bertz CT molecular complexity index is 949. The number of benzene rings is 1. The predicted octanol–water partition coefficient (Wildman–Crippen LogP) is 5.72. The molecule has 0 unspecified atom stereocenters. The number of aryl methyl sites for hydroxylation is 1.